The van der Waals surface area contributed by atoms with Crippen LogP contribution in [-0.4, -0.2) is 26.8 Å². The molecule has 72 valence electrons. The van der Waals surface area contributed by atoms with E-state index in [1.165, 1.54) is 0 Å². The van der Waals surface area contributed by atoms with Crippen LogP contribution in [0, 0.1) is 11.8 Å². The summed E-state index contributed by atoms with van der Waals surface area (Å²) in [4.78, 5) is 10.3. The number of carbonyl (C=O) groups excluding carboxylic acids is 1. The van der Waals surface area contributed by atoms with Crippen LogP contribution >= 0.6 is 0 Å². The third-order valence-corrected chi connectivity index (χ3v) is 2.04. The van der Waals surface area contributed by atoms with Gasteiger partial charge in [-0.3, -0.25) is 0 Å². The average molecular weight is 174 g/mol. The minimum Gasteiger partial charge on any atom is -0.356 e. The molecule has 0 saturated heterocycles. The quantitative estimate of drug-likeness (QED) is 0.452. The first kappa shape index (κ1) is 11.6. The molecule has 1 atom stereocenters. The lowest BCUT2D eigenvalue weighted by molar-refractivity contribution is -0.150. The highest BCUT2D eigenvalue weighted by Gasteiger charge is 2.23. The maximum Gasteiger partial charge on any atom is 0.160 e. The molecule has 0 fully saturated rings. The Labute approximate surface area is 74.0 Å². The van der Waals surface area contributed by atoms with E-state index in [1.54, 1.807) is 14.2 Å². The molecule has 0 bridgehead atoms. The van der Waals surface area contributed by atoms with Crippen molar-refractivity contribution in [2.45, 2.75) is 26.6 Å². The molecule has 3 heteroatoms. The lowest BCUT2D eigenvalue weighted by Crippen LogP contribution is -2.29. The van der Waals surface area contributed by atoms with Gasteiger partial charge in [-0.2, -0.15) is 0 Å². The number of hydrogen-bond donors (Lipinski definition) is 0. The Morgan fingerprint density at radius 2 is 1.75 bits per heavy atom. The van der Waals surface area contributed by atoms with Crippen LogP contribution in [0.3, 0.4) is 0 Å². The molecule has 0 aromatic rings. The van der Waals surface area contributed by atoms with Crippen molar-refractivity contribution in [3.8, 4) is 0 Å². The van der Waals surface area contributed by atoms with Crippen LogP contribution in [-0.2, 0) is 14.3 Å². The molecule has 0 radical (unpaired) electrons. The van der Waals surface area contributed by atoms with Crippen molar-refractivity contribution in [2.24, 2.45) is 11.8 Å². The number of carbonyl (C=O) groups is 1. The summed E-state index contributed by atoms with van der Waals surface area (Å²) in [6, 6.07) is 0. The number of rotatable bonds is 6. The van der Waals surface area contributed by atoms with Crippen LogP contribution in [0.2, 0.25) is 0 Å². The highest BCUT2D eigenvalue weighted by Crippen LogP contribution is 2.20. The lowest BCUT2D eigenvalue weighted by Gasteiger charge is -2.25. The molecule has 3 nitrogen and oxygen atoms in total. The minimum atomic E-state index is -0.268. The molecule has 0 N–H and O–H groups in total. The second-order valence-corrected chi connectivity index (χ2v) is 3.15. The first-order valence-corrected chi connectivity index (χ1v) is 4.16. The second kappa shape index (κ2) is 6.14. The molecule has 0 rings (SSSR count). The van der Waals surface area contributed by atoms with Crippen LogP contribution in [0.1, 0.15) is 20.3 Å². The van der Waals surface area contributed by atoms with E-state index in [0.717, 1.165) is 6.29 Å². The zero-order chi connectivity index (χ0) is 9.56. The maximum atomic E-state index is 10.3. The van der Waals surface area contributed by atoms with E-state index in [-0.39, 0.29) is 12.2 Å². The summed E-state index contributed by atoms with van der Waals surface area (Å²) in [7, 11) is 3.18. The molecule has 0 aromatic carbocycles. The van der Waals surface area contributed by atoms with Crippen LogP contribution in [0.5, 0.6) is 0 Å². The van der Waals surface area contributed by atoms with Gasteiger partial charge < -0.3 is 14.3 Å². The monoisotopic (exact) mass is 174 g/mol. The molecule has 1 unspecified atom stereocenters. The smallest absolute Gasteiger partial charge is 0.160 e. The molecule has 12 heavy (non-hydrogen) atoms. The van der Waals surface area contributed by atoms with Gasteiger partial charge in [0.1, 0.15) is 6.29 Å². The van der Waals surface area contributed by atoms with E-state index in [9.17, 15) is 4.79 Å². The van der Waals surface area contributed by atoms with Gasteiger partial charge in [0.15, 0.2) is 6.29 Å². The number of ether oxygens (including phenoxy) is 2. The van der Waals surface area contributed by atoms with Gasteiger partial charge in [0.05, 0.1) is 0 Å². The third-order valence-electron chi connectivity index (χ3n) is 2.04. The number of methoxy groups -OCH3 is 2. The van der Waals surface area contributed by atoms with E-state index < -0.39 is 0 Å². The van der Waals surface area contributed by atoms with Crippen molar-refractivity contribution in [2.75, 3.05) is 14.2 Å². The summed E-state index contributed by atoms with van der Waals surface area (Å²) >= 11 is 0. The Hall–Kier alpha value is -0.410. The predicted octanol–water partition coefficient (Wildman–Crippen LogP) is 1.47. The summed E-state index contributed by atoms with van der Waals surface area (Å²) < 4.78 is 10.2. The van der Waals surface area contributed by atoms with Crippen molar-refractivity contribution in [3.05, 3.63) is 0 Å². The summed E-state index contributed by atoms with van der Waals surface area (Å²) in [6.45, 7) is 4.11. The fraction of sp³-hybridized carbons (Fsp3) is 0.889. The van der Waals surface area contributed by atoms with E-state index in [0.29, 0.717) is 12.3 Å². The average Bonchev–Trinajstić information content (AvgIpc) is 2.05. The van der Waals surface area contributed by atoms with Gasteiger partial charge in [-0.1, -0.05) is 13.8 Å². The molecule has 0 heterocycles. The molecule has 0 aromatic heterocycles. The SMILES string of the molecule is COC(OC)C(CC=O)C(C)C. The first-order valence-electron chi connectivity index (χ1n) is 4.16. The van der Waals surface area contributed by atoms with Gasteiger partial charge in [-0.15, -0.1) is 0 Å². The predicted molar refractivity (Wildman–Crippen MR) is 46.8 cm³/mol. The molecule has 0 saturated carbocycles. The zero-order valence-corrected chi connectivity index (χ0v) is 8.24. The summed E-state index contributed by atoms with van der Waals surface area (Å²) in [6.07, 6.45) is 1.13. The molecule has 0 spiro atoms. The fourth-order valence-electron chi connectivity index (χ4n) is 1.25. The maximum absolute atomic E-state index is 10.3. The van der Waals surface area contributed by atoms with Crippen molar-refractivity contribution >= 4 is 6.29 Å². The topological polar surface area (TPSA) is 35.5 Å². The van der Waals surface area contributed by atoms with Crippen molar-refractivity contribution in [1.29, 1.82) is 0 Å². The van der Waals surface area contributed by atoms with E-state index in [1.807, 2.05) is 0 Å². The van der Waals surface area contributed by atoms with Crippen molar-refractivity contribution in [1.82, 2.24) is 0 Å². The van der Waals surface area contributed by atoms with Gasteiger partial charge in [-0.05, 0) is 5.92 Å². The fourth-order valence-corrected chi connectivity index (χ4v) is 1.25. The van der Waals surface area contributed by atoms with Crippen molar-refractivity contribution < 1.29 is 14.3 Å². The molecular weight excluding hydrogens is 156 g/mol. The Balaban J connectivity index is 4.14. The van der Waals surface area contributed by atoms with Crippen LogP contribution in [0.25, 0.3) is 0 Å². The Kier molecular flexibility index (Phi) is 5.93. The van der Waals surface area contributed by atoms with Gasteiger partial charge in [-0.25, -0.2) is 0 Å². The van der Waals surface area contributed by atoms with Gasteiger partial charge in [0.2, 0.25) is 0 Å². The molecule has 0 aliphatic rings. The highest BCUT2D eigenvalue weighted by molar-refractivity contribution is 5.49. The molecule has 0 amide bonds. The van der Waals surface area contributed by atoms with Crippen molar-refractivity contribution in [3.63, 3.8) is 0 Å². The Morgan fingerprint density at radius 1 is 1.25 bits per heavy atom. The van der Waals surface area contributed by atoms with Crippen LogP contribution in [0.4, 0.5) is 0 Å². The highest BCUT2D eigenvalue weighted by atomic mass is 16.7. The van der Waals surface area contributed by atoms with Crippen LogP contribution < -0.4 is 0 Å². The molecular formula is C9H18O3. The normalized spacial score (nSPS) is 13.8. The molecule has 0 aliphatic heterocycles. The first-order chi connectivity index (χ1) is 5.67. The van der Waals surface area contributed by atoms with Gasteiger partial charge >= 0.3 is 0 Å². The van der Waals surface area contributed by atoms with Gasteiger partial charge in [0, 0.05) is 26.6 Å². The molecule has 0 aliphatic carbocycles. The largest absolute Gasteiger partial charge is 0.356 e. The summed E-state index contributed by atoms with van der Waals surface area (Å²) in [5.74, 6) is 0.539. The Morgan fingerprint density at radius 3 is 2.00 bits per heavy atom. The van der Waals surface area contributed by atoms with E-state index >= 15 is 0 Å². The second-order valence-electron chi connectivity index (χ2n) is 3.15. The third kappa shape index (κ3) is 3.32. The number of aldehydes is 1. The zero-order valence-electron chi connectivity index (χ0n) is 8.24. The van der Waals surface area contributed by atoms with E-state index in [4.69, 9.17) is 9.47 Å². The standard InChI is InChI=1S/C9H18O3/c1-7(2)8(5-6-10)9(11-3)12-4/h6-9H,5H2,1-4H3. The summed E-state index contributed by atoms with van der Waals surface area (Å²) in [5, 5.41) is 0. The summed E-state index contributed by atoms with van der Waals surface area (Å²) in [5.41, 5.74) is 0. The van der Waals surface area contributed by atoms with E-state index in [2.05, 4.69) is 13.8 Å². The lowest BCUT2D eigenvalue weighted by atomic mass is 9.92. The Bertz CT molecular complexity index is 119. The van der Waals surface area contributed by atoms with Gasteiger partial charge in [0.25, 0.3) is 0 Å². The minimum absolute atomic E-state index is 0.150. The number of hydrogen-bond acceptors (Lipinski definition) is 3. The van der Waals surface area contributed by atoms with Crippen LogP contribution in [0.15, 0.2) is 0 Å².